The highest BCUT2D eigenvalue weighted by atomic mass is 79.9. The first-order valence-corrected chi connectivity index (χ1v) is 8.97. The zero-order valence-corrected chi connectivity index (χ0v) is 15.7. The normalized spacial score (nSPS) is 11.1. The standard InChI is InChI=1S/C19H16BrNO2S/c1-13-6-8-17(9-7-13)24-19-18(20)11-16(23-19)12-21-14-4-3-5-15(10-14)22-2/h3-12H,1-2H3. The number of hydrogen-bond donors (Lipinski definition) is 0. The summed E-state index contributed by atoms with van der Waals surface area (Å²) in [5.41, 5.74) is 2.05. The number of aryl methyl sites for hydroxylation is 1. The van der Waals surface area contributed by atoms with Crippen LogP contribution in [0.5, 0.6) is 5.75 Å². The summed E-state index contributed by atoms with van der Waals surface area (Å²) >= 11 is 5.12. The molecule has 0 radical (unpaired) electrons. The fourth-order valence-electron chi connectivity index (χ4n) is 2.04. The van der Waals surface area contributed by atoms with E-state index in [4.69, 9.17) is 9.15 Å². The fraction of sp³-hybridized carbons (Fsp3) is 0.105. The first-order valence-electron chi connectivity index (χ1n) is 7.36. The van der Waals surface area contributed by atoms with E-state index in [2.05, 4.69) is 52.1 Å². The number of methoxy groups -OCH3 is 1. The number of ether oxygens (including phenoxy) is 1. The number of aliphatic imine (C=N–C) groups is 1. The molecule has 0 aliphatic carbocycles. The molecule has 1 heterocycles. The van der Waals surface area contributed by atoms with Crippen LogP contribution >= 0.6 is 27.7 Å². The van der Waals surface area contributed by atoms with E-state index < -0.39 is 0 Å². The molecule has 24 heavy (non-hydrogen) atoms. The second kappa shape index (κ2) is 7.73. The molecule has 2 aromatic carbocycles. The van der Waals surface area contributed by atoms with Crippen molar-refractivity contribution in [3.63, 3.8) is 0 Å². The van der Waals surface area contributed by atoms with Crippen molar-refractivity contribution in [2.45, 2.75) is 16.9 Å². The molecule has 3 rings (SSSR count). The predicted octanol–water partition coefficient (Wildman–Crippen LogP) is 6.26. The van der Waals surface area contributed by atoms with Gasteiger partial charge in [0.25, 0.3) is 0 Å². The highest BCUT2D eigenvalue weighted by Crippen LogP contribution is 2.35. The van der Waals surface area contributed by atoms with E-state index in [0.717, 1.165) is 25.9 Å². The minimum absolute atomic E-state index is 0.694. The average Bonchev–Trinajstić information content (AvgIpc) is 2.95. The largest absolute Gasteiger partial charge is 0.497 e. The lowest BCUT2D eigenvalue weighted by molar-refractivity contribution is 0.415. The van der Waals surface area contributed by atoms with Gasteiger partial charge in [-0.15, -0.1) is 0 Å². The van der Waals surface area contributed by atoms with Gasteiger partial charge in [-0.05, 0) is 47.1 Å². The first kappa shape index (κ1) is 16.9. The Kier molecular flexibility index (Phi) is 5.43. The molecule has 0 saturated heterocycles. The minimum Gasteiger partial charge on any atom is -0.497 e. The van der Waals surface area contributed by atoms with Gasteiger partial charge in [0.05, 0.1) is 23.5 Å². The van der Waals surface area contributed by atoms with Crippen molar-refractivity contribution in [3.8, 4) is 5.75 Å². The summed E-state index contributed by atoms with van der Waals surface area (Å²) in [7, 11) is 1.64. The number of halogens is 1. The Hall–Kier alpha value is -1.98. The van der Waals surface area contributed by atoms with E-state index in [1.807, 2.05) is 30.3 Å². The number of rotatable bonds is 5. The molecule has 1 aromatic heterocycles. The maximum absolute atomic E-state index is 5.86. The van der Waals surface area contributed by atoms with E-state index in [0.29, 0.717) is 5.76 Å². The Morgan fingerprint density at radius 2 is 1.92 bits per heavy atom. The molecule has 0 spiro atoms. The summed E-state index contributed by atoms with van der Waals surface area (Å²) in [6.45, 7) is 2.07. The molecular weight excluding hydrogens is 386 g/mol. The minimum atomic E-state index is 0.694. The Bertz CT molecular complexity index is 856. The number of furan rings is 1. The van der Waals surface area contributed by atoms with E-state index in [9.17, 15) is 0 Å². The van der Waals surface area contributed by atoms with Crippen LogP contribution in [0.3, 0.4) is 0 Å². The van der Waals surface area contributed by atoms with Crippen LogP contribution in [0.4, 0.5) is 5.69 Å². The zero-order chi connectivity index (χ0) is 16.9. The Morgan fingerprint density at radius 3 is 2.67 bits per heavy atom. The van der Waals surface area contributed by atoms with Gasteiger partial charge >= 0.3 is 0 Å². The smallest absolute Gasteiger partial charge is 0.179 e. The van der Waals surface area contributed by atoms with Gasteiger partial charge in [0.2, 0.25) is 0 Å². The zero-order valence-electron chi connectivity index (χ0n) is 13.3. The number of hydrogen-bond acceptors (Lipinski definition) is 4. The summed E-state index contributed by atoms with van der Waals surface area (Å²) in [6, 6.07) is 17.8. The van der Waals surface area contributed by atoms with Crippen molar-refractivity contribution in [2.24, 2.45) is 4.99 Å². The molecule has 122 valence electrons. The third kappa shape index (κ3) is 4.30. The molecule has 0 unspecified atom stereocenters. The second-order valence-electron chi connectivity index (χ2n) is 5.16. The van der Waals surface area contributed by atoms with Crippen LogP contribution in [0.25, 0.3) is 0 Å². The average molecular weight is 402 g/mol. The molecule has 0 bridgehead atoms. The van der Waals surface area contributed by atoms with Gasteiger partial charge in [-0.25, -0.2) is 0 Å². The summed E-state index contributed by atoms with van der Waals surface area (Å²) in [6.07, 6.45) is 1.71. The summed E-state index contributed by atoms with van der Waals surface area (Å²) in [5, 5.41) is 0.811. The summed E-state index contributed by atoms with van der Waals surface area (Å²) in [5.74, 6) is 1.47. The van der Waals surface area contributed by atoms with Crippen molar-refractivity contribution in [2.75, 3.05) is 7.11 Å². The maximum atomic E-state index is 5.86. The third-order valence-corrected chi connectivity index (χ3v) is 5.15. The van der Waals surface area contributed by atoms with Gasteiger partial charge in [0.1, 0.15) is 11.5 Å². The second-order valence-corrected chi connectivity index (χ2v) is 7.06. The van der Waals surface area contributed by atoms with Crippen molar-refractivity contribution in [1.82, 2.24) is 0 Å². The third-order valence-electron chi connectivity index (χ3n) is 3.30. The molecule has 0 saturated carbocycles. The topological polar surface area (TPSA) is 34.7 Å². The molecule has 0 atom stereocenters. The van der Waals surface area contributed by atoms with E-state index in [1.165, 1.54) is 5.56 Å². The van der Waals surface area contributed by atoms with Crippen molar-refractivity contribution >= 4 is 39.6 Å². The van der Waals surface area contributed by atoms with Crippen LogP contribution < -0.4 is 4.74 Å². The molecule has 0 amide bonds. The molecular formula is C19H16BrNO2S. The Balaban J connectivity index is 1.75. The van der Waals surface area contributed by atoms with Crippen LogP contribution in [0.2, 0.25) is 0 Å². The number of benzene rings is 2. The van der Waals surface area contributed by atoms with Gasteiger partial charge in [-0.3, -0.25) is 4.99 Å². The molecule has 5 heteroatoms. The summed E-state index contributed by atoms with van der Waals surface area (Å²) < 4.78 is 12.0. The van der Waals surface area contributed by atoms with Gasteiger partial charge in [-0.2, -0.15) is 0 Å². The van der Waals surface area contributed by atoms with Crippen molar-refractivity contribution in [3.05, 3.63) is 70.4 Å². The molecule has 0 N–H and O–H groups in total. The Labute approximate surface area is 153 Å². The molecule has 3 aromatic rings. The van der Waals surface area contributed by atoms with Crippen molar-refractivity contribution < 1.29 is 9.15 Å². The summed E-state index contributed by atoms with van der Waals surface area (Å²) in [4.78, 5) is 5.56. The van der Waals surface area contributed by atoms with E-state index in [-0.39, 0.29) is 0 Å². The monoisotopic (exact) mass is 401 g/mol. The lowest BCUT2D eigenvalue weighted by atomic mass is 10.2. The van der Waals surface area contributed by atoms with Crippen LogP contribution in [-0.2, 0) is 0 Å². The molecule has 0 fully saturated rings. The highest BCUT2D eigenvalue weighted by Gasteiger charge is 2.09. The fourth-order valence-corrected chi connectivity index (χ4v) is 3.37. The lowest BCUT2D eigenvalue weighted by Crippen LogP contribution is -1.81. The SMILES string of the molecule is COc1cccc(N=Cc2cc(Br)c(Sc3ccc(C)cc3)o2)c1. The van der Waals surface area contributed by atoms with E-state index >= 15 is 0 Å². The van der Waals surface area contributed by atoms with Gasteiger partial charge in [0, 0.05) is 17.0 Å². The van der Waals surface area contributed by atoms with Crippen LogP contribution in [-0.4, -0.2) is 13.3 Å². The van der Waals surface area contributed by atoms with Gasteiger partial charge < -0.3 is 9.15 Å². The van der Waals surface area contributed by atoms with Crippen LogP contribution in [0, 0.1) is 6.92 Å². The molecule has 3 nitrogen and oxygen atoms in total. The van der Waals surface area contributed by atoms with Crippen molar-refractivity contribution in [1.29, 1.82) is 0 Å². The Morgan fingerprint density at radius 1 is 1.12 bits per heavy atom. The molecule has 0 aliphatic heterocycles. The van der Waals surface area contributed by atoms with Crippen LogP contribution in [0.1, 0.15) is 11.3 Å². The van der Waals surface area contributed by atoms with E-state index in [1.54, 1.807) is 25.1 Å². The van der Waals surface area contributed by atoms with Gasteiger partial charge in [0.15, 0.2) is 5.09 Å². The quantitative estimate of drug-likeness (QED) is 0.473. The first-order chi connectivity index (χ1) is 11.6. The number of nitrogens with zero attached hydrogens (tertiary/aromatic N) is 1. The van der Waals surface area contributed by atoms with Gasteiger partial charge in [-0.1, -0.05) is 35.5 Å². The highest BCUT2D eigenvalue weighted by molar-refractivity contribution is 9.10. The molecule has 0 aliphatic rings. The maximum Gasteiger partial charge on any atom is 0.179 e. The van der Waals surface area contributed by atoms with Crippen LogP contribution in [0.15, 0.2) is 78.5 Å². The lowest BCUT2D eigenvalue weighted by Gasteiger charge is -1.99. The predicted molar refractivity (Wildman–Crippen MR) is 102 cm³/mol.